The van der Waals surface area contributed by atoms with E-state index in [1.54, 1.807) is 20.3 Å². The van der Waals surface area contributed by atoms with Crippen LogP contribution in [0.1, 0.15) is 11.5 Å². The average molecular weight is 251 g/mol. The Morgan fingerprint density at radius 1 is 1.33 bits per heavy atom. The molecule has 2 N–H and O–H groups in total. The van der Waals surface area contributed by atoms with E-state index in [0.717, 1.165) is 5.56 Å². The Kier molecular flexibility index (Phi) is 3.72. The number of carboxylic acids is 1. The van der Waals surface area contributed by atoms with Crippen molar-refractivity contribution in [1.29, 1.82) is 0 Å². The summed E-state index contributed by atoms with van der Waals surface area (Å²) in [6, 6.07) is 5.56. The Morgan fingerprint density at radius 2 is 2.11 bits per heavy atom. The van der Waals surface area contributed by atoms with Crippen molar-refractivity contribution in [3.8, 4) is 11.5 Å². The zero-order chi connectivity index (χ0) is 13.1. The van der Waals surface area contributed by atoms with E-state index >= 15 is 0 Å². The van der Waals surface area contributed by atoms with Crippen LogP contribution in [0.2, 0.25) is 0 Å². The summed E-state index contributed by atoms with van der Waals surface area (Å²) in [5.41, 5.74) is 0.884. The third-order valence-corrected chi connectivity index (χ3v) is 3.36. The van der Waals surface area contributed by atoms with Crippen LogP contribution in [0.25, 0.3) is 0 Å². The molecule has 5 heteroatoms. The smallest absolute Gasteiger partial charge is 0.308 e. The van der Waals surface area contributed by atoms with Gasteiger partial charge in [0.05, 0.1) is 20.1 Å². The van der Waals surface area contributed by atoms with Crippen LogP contribution in [0.5, 0.6) is 11.5 Å². The highest BCUT2D eigenvalue weighted by Gasteiger charge is 2.36. The van der Waals surface area contributed by atoms with Crippen LogP contribution in [0, 0.1) is 5.92 Å². The fourth-order valence-electron chi connectivity index (χ4n) is 2.47. The number of carboxylic acid groups (broad SMARTS) is 1. The molecule has 2 atom stereocenters. The van der Waals surface area contributed by atoms with Crippen LogP contribution in [0.4, 0.5) is 0 Å². The molecule has 1 aromatic carbocycles. The van der Waals surface area contributed by atoms with Gasteiger partial charge in [-0.25, -0.2) is 0 Å². The SMILES string of the molecule is COc1cccc(C2CNCC2C(=O)O)c1OC. The number of hydrogen-bond acceptors (Lipinski definition) is 4. The molecule has 0 bridgehead atoms. The van der Waals surface area contributed by atoms with E-state index in [0.29, 0.717) is 24.6 Å². The Balaban J connectivity index is 2.41. The Bertz CT molecular complexity index is 447. The van der Waals surface area contributed by atoms with Gasteiger partial charge in [-0.1, -0.05) is 12.1 Å². The Hall–Kier alpha value is -1.75. The number of methoxy groups -OCH3 is 2. The second kappa shape index (κ2) is 5.27. The quantitative estimate of drug-likeness (QED) is 0.838. The maximum atomic E-state index is 11.2. The summed E-state index contributed by atoms with van der Waals surface area (Å²) in [7, 11) is 3.14. The summed E-state index contributed by atoms with van der Waals surface area (Å²) in [6.45, 7) is 1.13. The lowest BCUT2D eigenvalue weighted by Crippen LogP contribution is -2.21. The Morgan fingerprint density at radius 3 is 2.72 bits per heavy atom. The van der Waals surface area contributed by atoms with Crippen LogP contribution < -0.4 is 14.8 Å². The lowest BCUT2D eigenvalue weighted by atomic mass is 9.88. The summed E-state index contributed by atoms with van der Waals surface area (Å²) in [6.07, 6.45) is 0. The second-order valence-electron chi connectivity index (χ2n) is 4.29. The number of nitrogens with one attached hydrogen (secondary N) is 1. The molecule has 2 rings (SSSR count). The van der Waals surface area contributed by atoms with Crippen LogP contribution in [-0.2, 0) is 4.79 Å². The van der Waals surface area contributed by atoms with Crippen LogP contribution in [-0.4, -0.2) is 38.4 Å². The monoisotopic (exact) mass is 251 g/mol. The van der Waals surface area contributed by atoms with Gasteiger partial charge in [-0.15, -0.1) is 0 Å². The molecular weight excluding hydrogens is 234 g/mol. The van der Waals surface area contributed by atoms with E-state index < -0.39 is 11.9 Å². The van der Waals surface area contributed by atoms with Crippen molar-refractivity contribution in [3.63, 3.8) is 0 Å². The fraction of sp³-hybridized carbons (Fsp3) is 0.462. The van der Waals surface area contributed by atoms with Gasteiger partial charge in [-0.3, -0.25) is 4.79 Å². The van der Waals surface area contributed by atoms with Crippen molar-refractivity contribution in [1.82, 2.24) is 5.32 Å². The maximum absolute atomic E-state index is 11.2. The molecule has 0 amide bonds. The number of ether oxygens (including phenoxy) is 2. The molecule has 0 aliphatic carbocycles. The molecule has 18 heavy (non-hydrogen) atoms. The number of rotatable bonds is 4. The molecule has 2 unspecified atom stereocenters. The van der Waals surface area contributed by atoms with E-state index in [1.165, 1.54) is 0 Å². The van der Waals surface area contributed by atoms with Crippen LogP contribution >= 0.6 is 0 Å². The third kappa shape index (κ3) is 2.13. The molecule has 0 saturated carbocycles. The maximum Gasteiger partial charge on any atom is 0.308 e. The van der Waals surface area contributed by atoms with Crippen molar-refractivity contribution >= 4 is 5.97 Å². The highest BCUT2D eigenvalue weighted by atomic mass is 16.5. The van der Waals surface area contributed by atoms with E-state index in [9.17, 15) is 9.90 Å². The van der Waals surface area contributed by atoms with Gasteiger partial charge in [0.1, 0.15) is 0 Å². The van der Waals surface area contributed by atoms with Gasteiger partial charge < -0.3 is 19.9 Å². The van der Waals surface area contributed by atoms with Gasteiger partial charge in [-0.05, 0) is 6.07 Å². The fourth-order valence-corrected chi connectivity index (χ4v) is 2.47. The predicted molar refractivity (Wildman–Crippen MR) is 66.3 cm³/mol. The summed E-state index contributed by atoms with van der Waals surface area (Å²) in [5.74, 6) is -0.0422. The summed E-state index contributed by atoms with van der Waals surface area (Å²) in [5, 5.41) is 12.3. The van der Waals surface area contributed by atoms with Gasteiger partial charge in [0.2, 0.25) is 0 Å². The molecule has 1 saturated heterocycles. The standard InChI is InChI=1S/C13H17NO4/c1-17-11-5-3-4-8(12(11)18-2)9-6-14-7-10(9)13(15)16/h3-5,9-10,14H,6-7H2,1-2H3,(H,15,16). The number of para-hydroxylation sites is 1. The molecule has 0 spiro atoms. The van der Waals surface area contributed by atoms with Gasteiger partial charge in [0.25, 0.3) is 0 Å². The molecule has 1 aliphatic heterocycles. The van der Waals surface area contributed by atoms with Gasteiger partial charge in [-0.2, -0.15) is 0 Å². The minimum Gasteiger partial charge on any atom is -0.493 e. The first-order valence-corrected chi connectivity index (χ1v) is 5.83. The summed E-state index contributed by atoms with van der Waals surface area (Å²) in [4.78, 5) is 11.2. The number of aliphatic carboxylic acids is 1. The first-order valence-electron chi connectivity index (χ1n) is 5.83. The normalized spacial score (nSPS) is 22.8. The van der Waals surface area contributed by atoms with Gasteiger partial charge >= 0.3 is 5.97 Å². The van der Waals surface area contributed by atoms with E-state index in [2.05, 4.69) is 5.32 Å². The number of benzene rings is 1. The van der Waals surface area contributed by atoms with Crippen molar-refractivity contribution in [2.75, 3.05) is 27.3 Å². The number of hydrogen-bond donors (Lipinski definition) is 2. The molecule has 1 aromatic rings. The van der Waals surface area contributed by atoms with Crippen molar-refractivity contribution < 1.29 is 19.4 Å². The largest absolute Gasteiger partial charge is 0.493 e. The highest BCUT2D eigenvalue weighted by Crippen LogP contribution is 2.39. The van der Waals surface area contributed by atoms with Crippen molar-refractivity contribution in [2.45, 2.75) is 5.92 Å². The predicted octanol–water partition coefficient (Wildman–Crippen LogP) is 1.09. The molecule has 0 radical (unpaired) electrons. The van der Waals surface area contributed by atoms with Crippen molar-refractivity contribution in [3.05, 3.63) is 23.8 Å². The molecule has 98 valence electrons. The minimum absolute atomic E-state index is 0.0902. The average Bonchev–Trinajstić information content (AvgIpc) is 2.86. The van der Waals surface area contributed by atoms with Crippen LogP contribution in [0.15, 0.2) is 18.2 Å². The molecule has 1 aliphatic rings. The molecule has 1 fully saturated rings. The molecule has 0 aromatic heterocycles. The topological polar surface area (TPSA) is 67.8 Å². The zero-order valence-electron chi connectivity index (χ0n) is 10.5. The first kappa shape index (κ1) is 12.7. The van der Waals surface area contributed by atoms with E-state index in [-0.39, 0.29) is 5.92 Å². The van der Waals surface area contributed by atoms with Crippen molar-refractivity contribution in [2.24, 2.45) is 5.92 Å². The zero-order valence-corrected chi connectivity index (χ0v) is 10.5. The first-order chi connectivity index (χ1) is 8.69. The lowest BCUT2D eigenvalue weighted by molar-refractivity contribution is -0.141. The van der Waals surface area contributed by atoms with Gasteiger partial charge in [0.15, 0.2) is 11.5 Å². The molecule has 1 heterocycles. The molecular formula is C13H17NO4. The lowest BCUT2D eigenvalue weighted by Gasteiger charge is -2.19. The second-order valence-corrected chi connectivity index (χ2v) is 4.29. The Labute approximate surface area is 106 Å². The van der Waals surface area contributed by atoms with Crippen LogP contribution in [0.3, 0.4) is 0 Å². The van der Waals surface area contributed by atoms with Gasteiger partial charge in [0, 0.05) is 24.6 Å². The third-order valence-electron chi connectivity index (χ3n) is 3.36. The summed E-state index contributed by atoms with van der Waals surface area (Å²) < 4.78 is 10.6. The van der Waals surface area contributed by atoms with E-state index in [1.807, 2.05) is 12.1 Å². The minimum atomic E-state index is -0.783. The van der Waals surface area contributed by atoms with E-state index in [4.69, 9.17) is 9.47 Å². The number of carbonyl (C=O) groups is 1. The summed E-state index contributed by atoms with van der Waals surface area (Å²) >= 11 is 0. The highest BCUT2D eigenvalue weighted by molar-refractivity contribution is 5.73. The molecule has 5 nitrogen and oxygen atoms in total.